The van der Waals surface area contributed by atoms with Gasteiger partial charge in [0.1, 0.15) is 13.4 Å². The van der Waals surface area contributed by atoms with E-state index in [0.29, 0.717) is 5.46 Å². The molecule has 0 atom stereocenters. The minimum atomic E-state index is -0.186. The summed E-state index contributed by atoms with van der Waals surface area (Å²) < 4.78 is 0. The predicted octanol–water partition coefficient (Wildman–Crippen LogP) is -0.363. The zero-order valence-electron chi connectivity index (χ0n) is 6.07. The van der Waals surface area contributed by atoms with Gasteiger partial charge in [-0.25, -0.2) is 9.97 Å². The zero-order chi connectivity index (χ0) is 7.56. The molecule has 4 heteroatoms. The first-order valence-electron chi connectivity index (χ1n) is 2.95. The van der Waals surface area contributed by atoms with Gasteiger partial charge in [-0.1, -0.05) is 5.46 Å². The fourth-order valence-corrected chi connectivity index (χ4v) is 1.14. The Morgan fingerprint density at radius 3 is 2.20 bits per heavy atom. The van der Waals surface area contributed by atoms with Gasteiger partial charge >= 0.3 is 0 Å². The lowest BCUT2D eigenvalue weighted by Crippen LogP contribution is -2.16. The van der Waals surface area contributed by atoms with Crippen LogP contribution < -0.4 is 11.0 Å². The largest absolute Gasteiger partial charge is 0.238 e. The number of nitrogens with zero attached hydrogens (tertiary/aromatic N) is 2. The molecule has 1 rings (SSSR count). The summed E-state index contributed by atoms with van der Waals surface area (Å²) in [5.74, 6) is 0. The highest BCUT2D eigenvalue weighted by atomic mass is 31.1. The van der Waals surface area contributed by atoms with Crippen molar-refractivity contribution in [2.45, 2.75) is 0 Å². The van der Waals surface area contributed by atoms with Crippen LogP contribution in [0.4, 0.5) is 0 Å². The van der Waals surface area contributed by atoms with Gasteiger partial charge in [-0.05, 0) is 21.3 Å². The summed E-state index contributed by atoms with van der Waals surface area (Å²) in [6.07, 6.45) is 3.29. The molecule has 0 fully saturated rings. The molecule has 0 spiro atoms. The maximum Gasteiger partial charge on any atom is 0.149 e. The molecule has 0 amide bonds. The third-order valence-electron chi connectivity index (χ3n) is 1.06. The summed E-state index contributed by atoms with van der Waals surface area (Å²) in [5.41, 5.74) is 1.53. The van der Waals surface area contributed by atoms with E-state index in [4.69, 9.17) is 7.85 Å². The molecule has 50 valence electrons. The molecule has 1 aromatic heterocycles. The number of aromatic nitrogens is 2. The topological polar surface area (TPSA) is 25.8 Å². The van der Waals surface area contributed by atoms with Crippen LogP contribution in [0.25, 0.3) is 0 Å². The summed E-state index contributed by atoms with van der Waals surface area (Å²) >= 11 is 0. The second-order valence-electron chi connectivity index (χ2n) is 2.21. The smallest absolute Gasteiger partial charge is 0.149 e. The van der Waals surface area contributed by atoms with Crippen LogP contribution in [0.5, 0.6) is 0 Å². The van der Waals surface area contributed by atoms with E-state index in [-0.39, 0.29) is 7.92 Å². The maximum atomic E-state index is 5.41. The van der Waals surface area contributed by atoms with E-state index < -0.39 is 0 Å². The van der Waals surface area contributed by atoms with E-state index in [9.17, 15) is 0 Å². The maximum absolute atomic E-state index is 5.41. The van der Waals surface area contributed by atoms with Gasteiger partial charge in [0, 0.05) is 12.4 Å². The van der Waals surface area contributed by atoms with Crippen LogP contribution in [0, 0.1) is 0 Å². The van der Waals surface area contributed by atoms with Crippen molar-refractivity contribution in [2.24, 2.45) is 0 Å². The van der Waals surface area contributed by atoms with Crippen molar-refractivity contribution in [1.29, 1.82) is 0 Å². The monoisotopic (exact) mass is 150 g/mol. The summed E-state index contributed by atoms with van der Waals surface area (Å²) in [6, 6.07) is 0. The lowest BCUT2D eigenvalue weighted by molar-refractivity contribution is 1.26. The molecule has 0 bridgehead atoms. The minimum absolute atomic E-state index is 0.186. The molecule has 1 heterocycles. The first-order chi connectivity index (χ1) is 4.70. The van der Waals surface area contributed by atoms with Crippen LogP contribution in [0.3, 0.4) is 0 Å². The molecule has 0 aromatic carbocycles. The van der Waals surface area contributed by atoms with E-state index in [0.717, 1.165) is 5.57 Å². The highest BCUT2D eigenvalue weighted by molar-refractivity contribution is 7.63. The van der Waals surface area contributed by atoms with Gasteiger partial charge in [0.15, 0.2) is 0 Å². The van der Waals surface area contributed by atoms with Crippen LogP contribution in [0.2, 0.25) is 0 Å². The van der Waals surface area contributed by atoms with Crippen molar-refractivity contribution >= 4 is 26.8 Å². The predicted molar refractivity (Wildman–Crippen MR) is 45.8 cm³/mol. The van der Waals surface area contributed by atoms with Crippen LogP contribution >= 0.6 is 7.92 Å². The van der Waals surface area contributed by atoms with Crippen LogP contribution in [-0.2, 0) is 0 Å². The number of hydrogen-bond donors (Lipinski definition) is 0. The highest BCUT2D eigenvalue weighted by Gasteiger charge is 1.98. The lowest BCUT2D eigenvalue weighted by atomic mass is 10.0. The fraction of sp³-hybridized carbons (Fsp3) is 0.333. The normalized spacial score (nSPS) is 10.3. The second kappa shape index (κ2) is 3.11. The minimum Gasteiger partial charge on any atom is -0.238 e. The van der Waals surface area contributed by atoms with Crippen molar-refractivity contribution in [3.8, 4) is 0 Å². The summed E-state index contributed by atoms with van der Waals surface area (Å²) in [4.78, 5) is 8.14. The van der Waals surface area contributed by atoms with Gasteiger partial charge in [-0.3, -0.25) is 0 Å². The molecule has 0 N–H and O–H groups in total. The molecule has 2 nitrogen and oxygen atoms in total. The Morgan fingerprint density at radius 2 is 1.80 bits per heavy atom. The third-order valence-corrected chi connectivity index (χ3v) is 2.09. The van der Waals surface area contributed by atoms with Crippen molar-refractivity contribution in [3.05, 3.63) is 12.4 Å². The molecule has 1 aromatic rings. The Labute approximate surface area is 63.3 Å². The Hall–Kier alpha value is -0.425. The third kappa shape index (κ3) is 1.78. The van der Waals surface area contributed by atoms with E-state index >= 15 is 0 Å². The average Bonchev–Trinajstić information content (AvgIpc) is 1.88. The molecule has 0 saturated heterocycles. The molecule has 0 aliphatic rings. The summed E-state index contributed by atoms with van der Waals surface area (Å²) in [5, 5.41) is 0. The molecule has 0 aliphatic carbocycles. The molecule has 0 unspecified atom stereocenters. The molecule has 10 heavy (non-hydrogen) atoms. The quantitative estimate of drug-likeness (QED) is 0.403. The van der Waals surface area contributed by atoms with Crippen LogP contribution in [-0.4, -0.2) is 31.1 Å². The van der Waals surface area contributed by atoms with E-state index in [1.54, 1.807) is 12.4 Å². The van der Waals surface area contributed by atoms with Crippen molar-refractivity contribution in [3.63, 3.8) is 0 Å². The lowest BCUT2D eigenvalue weighted by Gasteiger charge is -2.01. The van der Waals surface area contributed by atoms with E-state index in [1.807, 2.05) is 0 Å². The second-order valence-corrected chi connectivity index (χ2v) is 4.40. The van der Waals surface area contributed by atoms with E-state index in [1.165, 1.54) is 0 Å². The van der Waals surface area contributed by atoms with Gasteiger partial charge in [0.2, 0.25) is 0 Å². The summed E-state index contributed by atoms with van der Waals surface area (Å²) in [6.45, 7) is 4.22. The zero-order valence-corrected chi connectivity index (χ0v) is 6.97. The van der Waals surface area contributed by atoms with Crippen molar-refractivity contribution < 1.29 is 0 Å². The summed E-state index contributed by atoms with van der Waals surface area (Å²) in [7, 11) is 5.22. The molecule has 2 radical (unpaired) electrons. The van der Waals surface area contributed by atoms with Crippen molar-refractivity contribution in [2.75, 3.05) is 13.3 Å². The van der Waals surface area contributed by atoms with Gasteiger partial charge < -0.3 is 0 Å². The van der Waals surface area contributed by atoms with Crippen molar-refractivity contribution in [1.82, 2.24) is 9.97 Å². The first kappa shape index (κ1) is 7.68. The van der Waals surface area contributed by atoms with Crippen LogP contribution in [0.1, 0.15) is 0 Å². The van der Waals surface area contributed by atoms with Gasteiger partial charge in [-0.2, -0.15) is 0 Å². The Bertz CT molecular complexity index is 209. The molecule has 0 aliphatic heterocycles. The van der Waals surface area contributed by atoms with Gasteiger partial charge in [-0.15, -0.1) is 0 Å². The molecule has 0 saturated carbocycles. The fourth-order valence-electron chi connectivity index (χ4n) is 0.562. The van der Waals surface area contributed by atoms with Crippen LogP contribution in [0.15, 0.2) is 12.4 Å². The van der Waals surface area contributed by atoms with Gasteiger partial charge in [0.05, 0.1) is 0 Å². The molecular weight excluding hydrogens is 142 g/mol. The SMILES string of the molecule is [B]c1cnc(P(C)C)nc1. The highest BCUT2D eigenvalue weighted by Crippen LogP contribution is 2.18. The Morgan fingerprint density at radius 1 is 1.30 bits per heavy atom. The average molecular weight is 150 g/mol. The Kier molecular flexibility index (Phi) is 2.39. The number of hydrogen-bond acceptors (Lipinski definition) is 2. The Balaban J connectivity index is 2.89. The van der Waals surface area contributed by atoms with Gasteiger partial charge in [0.25, 0.3) is 0 Å². The molecular formula is C6H8BN2P. The first-order valence-corrected chi connectivity index (χ1v) is 5.18. The standard InChI is InChI=1S/C6H8BN2P/c1-10(2)6-8-3-5(7)4-9-6/h3-4H,1-2H3. The number of rotatable bonds is 1. The van der Waals surface area contributed by atoms with E-state index in [2.05, 4.69) is 23.3 Å².